The van der Waals surface area contributed by atoms with Gasteiger partial charge in [-0.25, -0.2) is 9.07 Å². The Balaban J connectivity index is 1.43. The molecule has 1 aromatic heterocycles. The van der Waals surface area contributed by atoms with Gasteiger partial charge in [0.2, 0.25) is 0 Å². The molecular weight excluding hydrogens is 467 g/mol. The Morgan fingerprint density at radius 1 is 0.943 bits per heavy atom. The van der Waals surface area contributed by atoms with Crippen molar-refractivity contribution >= 4 is 17.3 Å². The van der Waals surface area contributed by atoms with Gasteiger partial charge in [-0.3, -0.25) is 4.90 Å². The fraction of sp³-hybridized carbons (Fsp3) is 0.269. The quantitative estimate of drug-likeness (QED) is 0.380. The predicted molar refractivity (Wildman–Crippen MR) is 133 cm³/mol. The summed E-state index contributed by atoms with van der Waals surface area (Å²) in [4.78, 5) is 4.39. The molecule has 5 rings (SSSR count). The number of benzene rings is 3. The maximum atomic E-state index is 14.4. The lowest BCUT2D eigenvalue weighted by atomic mass is 10.0. The van der Waals surface area contributed by atoms with E-state index in [1.54, 1.807) is 13.2 Å². The maximum absolute atomic E-state index is 14.4. The van der Waals surface area contributed by atoms with E-state index < -0.39 is 0 Å². The first kappa shape index (κ1) is 23.3. The number of nitrogens with zero attached hydrogens (tertiary/aromatic N) is 6. The molecule has 0 unspecified atom stereocenters. The van der Waals surface area contributed by atoms with Crippen molar-refractivity contribution in [1.82, 2.24) is 25.1 Å². The molecule has 1 fully saturated rings. The molecule has 0 bridgehead atoms. The van der Waals surface area contributed by atoms with Gasteiger partial charge in [-0.1, -0.05) is 54.1 Å². The van der Waals surface area contributed by atoms with Crippen LogP contribution < -0.4 is 9.64 Å². The molecule has 180 valence electrons. The summed E-state index contributed by atoms with van der Waals surface area (Å²) in [7, 11) is 1.65. The molecule has 4 aromatic rings. The number of halogens is 2. The molecule has 1 saturated heterocycles. The van der Waals surface area contributed by atoms with Crippen molar-refractivity contribution in [3.63, 3.8) is 0 Å². The number of ether oxygens (including phenoxy) is 1. The molecule has 0 N–H and O–H groups in total. The lowest BCUT2D eigenvalue weighted by Crippen LogP contribution is -2.48. The lowest BCUT2D eigenvalue weighted by Gasteiger charge is -2.40. The van der Waals surface area contributed by atoms with E-state index in [0.29, 0.717) is 49.3 Å². The number of tetrazole rings is 1. The Morgan fingerprint density at radius 3 is 2.37 bits per heavy atom. The SMILES string of the molecule is COc1ccc(Cn2nnnc2[C@H](c2ccccc2Cl)N2CCN(c3ccccc3F)CC2)cc1. The molecule has 0 saturated carbocycles. The first-order valence-corrected chi connectivity index (χ1v) is 11.9. The van der Waals surface area contributed by atoms with Crippen LogP contribution in [-0.2, 0) is 6.54 Å². The zero-order valence-corrected chi connectivity index (χ0v) is 20.1. The molecule has 35 heavy (non-hydrogen) atoms. The van der Waals surface area contributed by atoms with Crippen LogP contribution in [-0.4, -0.2) is 58.4 Å². The summed E-state index contributed by atoms with van der Waals surface area (Å²) in [6.07, 6.45) is 0. The van der Waals surface area contributed by atoms with Crippen LogP contribution in [0.3, 0.4) is 0 Å². The van der Waals surface area contributed by atoms with Gasteiger partial charge in [-0.05, 0) is 51.9 Å². The largest absolute Gasteiger partial charge is 0.497 e. The zero-order valence-electron chi connectivity index (χ0n) is 19.4. The van der Waals surface area contributed by atoms with E-state index in [-0.39, 0.29) is 11.9 Å². The van der Waals surface area contributed by atoms with Crippen LogP contribution in [0.15, 0.2) is 72.8 Å². The van der Waals surface area contributed by atoms with Crippen molar-refractivity contribution in [1.29, 1.82) is 0 Å². The second-order valence-corrected chi connectivity index (χ2v) is 8.85. The summed E-state index contributed by atoms with van der Waals surface area (Å²) < 4.78 is 21.5. The minimum atomic E-state index is -0.236. The number of rotatable bonds is 7. The molecule has 0 spiro atoms. The van der Waals surface area contributed by atoms with E-state index in [9.17, 15) is 4.39 Å². The number of para-hydroxylation sites is 1. The second kappa shape index (κ2) is 10.4. The monoisotopic (exact) mass is 492 g/mol. The van der Waals surface area contributed by atoms with Gasteiger partial charge in [0.15, 0.2) is 5.82 Å². The Morgan fingerprint density at radius 2 is 1.66 bits per heavy atom. The van der Waals surface area contributed by atoms with Gasteiger partial charge < -0.3 is 9.64 Å². The number of piperazine rings is 1. The Kier molecular flexibility index (Phi) is 6.92. The van der Waals surface area contributed by atoms with Crippen molar-refractivity contribution in [2.45, 2.75) is 12.6 Å². The Bertz CT molecular complexity index is 1270. The van der Waals surface area contributed by atoms with Crippen LogP contribution in [0, 0.1) is 5.82 Å². The third-order valence-electron chi connectivity index (χ3n) is 6.37. The van der Waals surface area contributed by atoms with Crippen LogP contribution in [0.5, 0.6) is 5.75 Å². The predicted octanol–water partition coefficient (Wildman–Crippen LogP) is 4.43. The smallest absolute Gasteiger partial charge is 0.173 e. The van der Waals surface area contributed by atoms with E-state index in [2.05, 4.69) is 25.3 Å². The molecular formula is C26H26ClFN6O. The first-order chi connectivity index (χ1) is 17.1. The average molecular weight is 493 g/mol. The molecule has 7 nitrogen and oxygen atoms in total. The van der Waals surface area contributed by atoms with Gasteiger partial charge in [-0.2, -0.15) is 0 Å². The van der Waals surface area contributed by atoms with E-state index in [1.807, 2.05) is 65.3 Å². The molecule has 0 amide bonds. The third-order valence-corrected chi connectivity index (χ3v) is 6.71. The normalized spacial score (nSPS) is 15.2. The number of hydrogen-bond acceptors (Lipinski definition) is 6. The fourth-order valence-corrected chi connectivity index (χ4v) is 4.79. The molecule has 3 aromatic carbocycles. The Labute approximate surface area is 208 Å². The average Bonchev–Trinajstić information content (AvgIpc) is 3.34. The minimum Gasteiger partial charge on any atom is -0.497 e. The summed E-state index contributed by atoms with van der Waals surface area (Å²) in [6, 6.07) is 22.3. The van der Waals surface area contributed by atoms with Crippen LogP contribution in [0.2, 0.25) is 5.02 Å². The molecule has 2 heterocycles. The van der Waals surface area contributed by atoms with Crippen LogP contribution in [0.1, 0.15) is 23.0 Å². The number of methoxy groups -OCH3 is 1. The van der Waals surface area contributed by atoms with Crippen LogP contribution >= 0.6 is 11.6 Å². The Hall–Kier alpha value is -3.49. The molecule has 1 aliphatic rings. The molecule has 9 heteroatoms. The van der Waals surface area contributed by atoms with E-state index in [0.717, 1.165) is 16.9 Å². The van der Waals surface area contributed by atoms with E-state index in [1.165, 1.54) is 6.07 Å². The third kappa shape index (κ3) is 4.99. The van der Waals surface area contributed by atoms with E-state index in [4.69, 9.17) is 16.3 Å². The highest BCUT2D eigenvalue weighted by molar-refractivity contribution is 6.31. The summed E-state index contributed by atoms with van der Waals surface area (Å²) in [5, 5.41) is 13.4. The standard InChI is InChI=1S/C26H26ClFN6O/c1-35-20-12-10-19(11-13-20)18-34-26(29-30-31-34)25(21-6-2-3-7-22(21)27)33-16-14-32(15-17-33)24-9-5-4-8-23(24)28/h2-13,25H,14-18H2,1H3/t25-/m0/s1. The molecule has 1 atom stereocenters. The van der Waals surface area contributed by atoms with Gasteiger partial charge in [0.25, 0.3) is 0 Å². The highest BCUT2D eigenvalue weighted by Crippen LogP contribution is 2.33. The van der Waals surface area contributed by atoms with Crippen molar-refractivity contribution in [3.05, 3.63) is 101 Å². The van der Waals surface area contributed by atoms with Crippen molar-refractivity contribution < 1.29 is 9.13 Å². The minimum absolute atomic E-state index is 0.202. The van der Waals surface area contributed by atoms with Crippen molar-refractivity contribution in [2.75, 3.05) is 38.2 Å². The molecule has 1 aliphatic heterocycles. The highest BCUT2D eigenvalue weighted by atomic mass is 35.5. The van der Waals surface area contributed by atoms with E-state index >= 15 is 0 Å². The molecule has 0 radical (unpaired) electrons. The van der Waals surface area contributed by atoms with Crippen LogP contribution in [0.25, 0.3) is 0 Å². The first-order valence-electron chi connectivity index (χ1n) is 11.5. The summed E-state index contributed by atoms with van der Waals surface area (Å²) >= 11 is 6.67. The number of aromatic nitrogens is 4. The van der Waals surface area contributed by atoms with Crippen LogP contribution in [0.4, 0.5) is 10.1 Å². The number of anilines is 1. The summed E-state index contributed by atoms with van der Waals surface area (Å²) in [5.74, 6) is 1.31. The van der Waals surface area contributed by atoms with Gasteiger partial charge in [-0.15, -0.1) is 5.10 Å². The molecule has 0 aliphatic carbocycles. The summed E-state index contributed by atoms with van der Waals surface area (Å²) in [5.41, 5.74) is 2.63. The van der Waals surface area contributed by atoms with Gasteiger partial charge >= 0.3 is 0 Å². The topological polar surface area (TPSA) is 59.3 Å². The lowest BCUT2D eigenvalue weighted by molar-refractivity contribution is 0.201. The van der Waals surface area contributed by atoms with Crippen molar-refractivity contribution in [2.24, 2.45) is 0 Å². The van der Waals surface area contributed by atoms with Crippen molar-refractivity contribution in [3.8, 4) is 5.75 Å². The maximum Gasteiger partial charge on any atom is 0.173 e. The number of hydrogen-bond donors (Lipinski definition) is 0. The van der Waals surface area contributed by atoms with Gasteiger partial charge in [0.1, 0.15) is 11.6 Å². The van der Waals surface area contributed by atoms with Gasteiger partial charge in [0.05, 0.1) is 25.4 Å². The fourth-order valence-electron chi connectivity index (χ4n) is 4.55. The summed E-state index contributed by atoms with van der Waals surface area (Å²) in [6.45, 7) is 3.30. The highest BCUT2D eigenvalue weighted by Gasteiger charge is 2.32. The second-order valence-electron chi connectivity index (χ2n) is 8.44. The zero-order chi connectivity index (χ0) is 24.2. The van der Waals surface area contributed by atoms with Gasteiger partial charge in [0, 0.05) is 31.2 Å².